The Labute approximate surface area is 203 Å². The molecule has 0 nitrogen and oxygen atoms in total. The summed E-state index contributed by atoms with van der Waals surface area (Å²) in [6, 6.07) is 22.1. The molecule has 0 spiro atoms. The van der Waals surface area contributed by atoms with Gasteiger partial charge in [0.25, 0.3) is 0 Å². The van der Waals surface area contributed by atoms with E-state index in [-0.39, 0.29) is 5.56 Å². The summed E-state index contributed by atoms with van der Waals surface area (Å²) in [6.07, 6.45) is 11.1. The van der Waals surface area contributed by atoms with Crippen LogP contribution >= 0.6 is 0 Å². The lowest BCUT2D eigenvalue weighted by Gasteiger charge is -2.30. The molecule has 3 aromatic carbocycles. The zero-order valence-electron chi connectivity index (χ0n) is 20.4. The summed E-state index contributed by atoms with van der Waals surface area (Å²) in [7, 11) is 0. The number of allylic oxidation sites excluding steroid dienone is 2. The van der Waals surface area contributed by atoms with Gasteiger partial charge in [-0.15, -0.1) is 0 Å². The summed E-state index contributed by atoms with van der Waals surface area (Å²) in [5, 5.41) is 0. The lowest BCUT2D eigenvalue weighted by atomic mass is 9.75. The first-order chi connectivity index (χ1) is 16.5. The number of hydrogen-bond donors (Lipinski definition) is 0. The largest absolute Gasteiger partial charge is 0.207 e. The van der Waals surface area contributed by atoms with Gasteiger partial charge in [-0.3, -0.25) is 0 Å². The van der Waals surface area contributed by atoms with E-state index in [9.17, 15) is 8.78 Å². The minimum Gasteiger partial charge on any atom is -0.207 e. The van der Waals surface area contributed by atoms with Gasteiger partial charge < -0.3 is 0 Å². The van der Waals surface area contributed by atoms with Crippen LogP contribution in [-0.2, 0) is 6.42 Å². The Hall–Kier alpha value is -2.74. The van der Waals surface area contributed by atoms with Crippen LogP contribution < -0.4 is 0 Å². The third-order valence-electron chi connectivity index (χ3n) is 7.56. The van der Waals surface area contributed by atoms with Crippen molar-refractivity contribution in [3.63, 3.8) is 0 Å². The molecule has 1 unspecified atom stereocenters. The monoisotopic (exact) mass is 458 g/mol. The topological polar surface area (TPSA) is 0 Å². The van der Waals surface area contributed by atoms with Crippen LogP contribution in [0.2, 0.25) is 0 Å². The first kappa shape index (κ1) is 24.4. The number of hydrogen-bond acceptors (Lipinski definition) is 0. The molecule has 3 aromatic rings. The van der Waals surface area contributed by atoms with Gasteiger partial charge in [0.1, 0.15) is 11.6 Å². The number of benzene rings is 3. The summed E-state index contributed by atoms with van der Waals surface area (Å²) < 4.78 is 29.1. The predicted molar refractivity (Wildman–Crippen MR) is 139 cm³/mol. The lowest BCUT2D eigenvalue weighted by molar-refractivity contribution is 0.297. The van der Waals surface area contributed by atoms with E-state index in [1.165, 1.54) is 55.4 Å². The van der Waals surface area contributed by atoms with Gasteiger partial charge in [-0.2, -0.15) is 0 Å². The van der Waals surface area contributed by atoms with Gasteiger partial charge in [0.05, 0.1) is 0 Å². The molecule has 0 N–H and O–H groups in total. The fourth-order valence-electron chi connectivity index (χ4n) is 5.50. The van der Waals surface area contributed by atoms with Crippen molar-refractivity contribution in [3.05, 3.63) is 107 Å². The molecule has 0 amide bonds. The lowest BCUT2D eigenvalue weighted by Crippen LogP contribution is -2.15. The first-order valence-electron chi connectivity index (χ1n) is 12.8. The van der Waals surface area contributed by atoms with Crippen LogP contribution in [0.4, 0.5) is 8.78 Å². The summed E-state index contributed by atoms with van der Waals surface area (Å²) in [5.41, 5.74) is 4.44. The van der Waals surface area contributed by atoms with E-state index in [1.54, 1.807) is 0 Å². The average Bonchev–Trinajstić information content (AvgIpc) is 2.87. The van der Waals surface area contributed by atoms with Crippen molar-refractivity contribution >= 4 is 0 Å². The second kappa shape index (κ2) is 11.6. The summed E-state index contributed by atoms with van der Waals surface area (Å²) in [6.45, 7) is 4.26. The number of rotatable bonds is 8. The van der Waals surface area contributed by atoms with Crippen molar-refractivity contribution < 1.29 is 8.78 Å². The maximum absolute atomic E-state index is 14.6. The normalized spacial score (nSPS) is 19.4. The highest BCUT2D eigenvalue weighted by Crippen LogP contribution is 2.40. The van der Waals surface area contributed by atoms with E-state index < -0.39 is 11.6 Å². The molecule has 0 aliphatic heterocycles. The van der Waals surface area contributed by atoms with Crippen molar-refractivity contribution in [2.24, 2.45) is 5.92 Å². The molecule has 34 heavy (non-hydrogen) atoms. The second-order valence-electron chi connectivity index (χ2n) is 9.91. The maximum atomic E-state index is 14.6. The Kier molecular flexibility index (Phi) is 8.32. The highest BCUT2D eigenvalue weighted by molar-refractivity contribution is 5.64. The Morgan fingerprint density at radius 3 is 2.12 bits per heavy atom. The minimum absolute atomic E-state index is 0.178. The fraction of sp³-hybridized carbons (Fsp3) is 0.375. The molecule has 0 radical (unpaired) electrons. The SMILES string of the molecule is C/C=C/CCc1c(F)cc(-c2ccc(C3CCC(CC(C)c4ccccc4)CC3)cc2)cc1F. The van der Waals surface area contributed by atoms with Crippen LogP contribution in [0.5, 0.6) is 0 Å². The number of halogens is 2. The third kappa shape index (κ3) is 6.03. The Morgan fingerprint density at radius 1 is 0.853 bits per heavy atom. The van der Waals surface area contributed by atoms with Crippen LogP contribution in [0.15, 0.2) is 78.9 Å². The van der Waals surface area contributed by atoms with Crippen LogP contribution in [0.1, 0.15) is 80.9 Å². The van der Waals surface area contributed by atoms with Gasteiger partial charge in [0.15, 0.2) is 0 Å². The minimum atomic E-state index is -0.452. The smallest absolute Gasteiger partial charge is 0.129 e. The molecule has 1 fully saturated rings. The molecule has 1 atom stereocenters. The highest BCUT2D eigenvalue weighted by atomic mass is 19.1. The van der Waals surface area contributed by atoms with Crippen molar-refractivity contribution in [2.75, 3.05) is 0 Å². The van der Waals surface area contributed by atoms with Gasteiger partial charge in [-0.25, -0.2) is 8.78 Å². The van der Waals surface area contributed by atoms with E-state index in [0.717, 1.165) is 11.5 Å². The standard InChI is InChI=1S/C32H36F2/c1-3-4-6-11-30-31(33)21-29(22-32(30)34)28-18-16-27(17-19-28)26-14-12-24(13-15-26)20-23(2)25-9-7-5-8-10-25/h3-5,7-10,16-19,21-24,26H,6,11-15,20H2,1-2H3/b4-3+. The van der Waals surface area contributed by atoms with E-state index in [4.69, 9.17) is 0 Å². The molecule has 1 saturated carbocycles. The van der Waals surface area contributed by atoms with Crippen molar-refractivity contribution in [1.82, 2.24) is 0 Å². The first-order valence-corrected chi connectivity index (χ1v) is 12.8. The Balaban J connectivity index is 1.35. The molecule has 178 valence electrons. The van der Waals surface area contributed by atoms with Crippen molar-refractivity contribution in [2.45, 2.75) is 70.6 Å². The van der Waals surface area contributed by atoms with Gasteiger partial charge >= 0.3 is 0 Å². The zero-order chi connectivity index (χ0) is 23.9. The molecule has 1 aliphatic carbocycles. The van der Waals surface area contributed by atoms with Gasteiger partial charge in [-0.05, 0) is 104 Å². The molecular weight excluding hydrogens is 422 g/mol. The summed E-state index contributed by atoms with van der Waals surface area (Å²) >= 11 is 0. The van der Waals surface area contributed by atoms with Gasteiger partial charge in [0, 0.05) is 5.56 Å². The summed E-state index contributed by atoms with van der Waals surface area (Å²) in [4.78, 5) is 0. The van der Waals surface area contributed by atoms with Crippen LogP contribution in [0, 0.1) is 17.6 Å². The maximum Gasteiger partial charge on any atom is 0.129 e. The van der Waals surface area contributed by atoms with E-state index >= 15 is 0 Å². The Morgan fingerprint density at radius 2 is 1.50 bits per heavy atom. The second-order valence-corrected chi connectivity index (χ2v) is 9.91. The van der Waals surface area contributed by atoms with Crippen LogP contribution in [0.25, 0.3) is 11.1 Å². The molecule has 0 saturated heterocycles. The van der Waals surface area contributed by atoms with Crippen molar-refractivity contribution in [1.29, 1.82) is 0 Å². The zero-order valence-corrected chi connectivity index (χ0v) is 20.4. The molecule has 0 heterocycles. The Bertz CT molecular complexity index is 1050. The third-order valence-corrected chi connectivity index (χ3v) is 7.56. The van der Waals surface area contributed by atoms with Gasteiger partial charge in [0.2, 0.25) is 0 Å². The molecule has 4 rings (SSSR count). The molecule has 0 bridgehead atoms. The van der Waals surface area contributed by atoms with E-state index in [2.05, 4.69) is 49.4 Å². The molecular formula is C32H36F2. The fourth-order valence-corrected chi connectivity index (χ4v) is 5.50. The average molecular weight is 459 g/mol. The molecule has 0 aromatic heterocycles. The highest BCUT2D eigenvalue weighted by Gasteiger charge is 2.24. The molecule has 1 aliphatic rings. The van der Waals surface area contributed by atoms with Crippen LogP contribution in [-0.4, -0.2) is 0 Å². The van der Waals surface area contributed by atoms with Gasteiger partial charge in [-0.1, -0.05) is 73.7 Å². The van der Waals surface area contributed by atoms with E-state index in [1.807, 2.05) is 31.2 Å². The quantitative estimate of drug-likeness (QED) is 0.295. The van der Waals surface area contributed by atoms with Crippen molar-refractivity contribution in [3.8, 4) is 11.1 Å². The van der Waals surface area contributed by atoms with E-state index in [0.29, 0.717) is 30.2 Å². The predicted octanol–water partition coefficient (Wildman–Crippen LogP) is 9.61. The molecule has 2 heteroatoms. The summed E-state index contributed by atoms with van der Waals surface area (Å²) in [5.74, 6) is 1.08. The van der Waals surface area contributed by atoms with Crippen LogP contribution in [0.3, 0.4) is 0 Å².